The van der Waals surface area contributed by atoms with Gasteiger partial charge in [-0.1, -0.05) is 18.2 Å². The van der Waals surface area contributed by atoms with E-state index in [0.29, 0.717) is 11.6 Å². The Hall–Kier alpha value is -0.450. The van der Waals surface area contributed by atoms with Gasteiger partial charge in [0.05, 0.1) is 4.47 Å². The maximum Gasteiger partial charge on any atom is 0.144 e. The van der Waals surface area contributed by atoms with Crippen molar-refractivity contribution in [1.29, 1.82) is 0 Å². The molecule has 0 bridgehead atoms. The predicted molar refractivity (Wildman–Crippen MR) is 60.8 cm³/mol. The highest BCUT2D eigenvalue weighted by Gasteiger charge is 2.11. The fourth-order valence-electron chi connectivity index (χ4n) is 1.05. The van der Waals surface area contributed by atoms with E-state index in [1.54, 1.807) is 0 Å². The largest absolute Gasteiger partial charge is 0.308 e. The molecule has 82 valence electrons. The van der Waals surface area contributed by atoms with E-state index in [2.05, 4.69) is 27.8 Å². The first kappa shape index (κ1) is 12.6. The lowest BCUT2D eigenvalue weighted by Crippen LogP contribution is -2.16. The summed E-state index contributed by atoms with van der Waals surface area (Å²) in [6.07, 6.45) is 0. The summed E-state index contributed by atoms with van der Waals surface area (Å²) in [7, 11) is 0. The SMILES string of the molecule is C=C(Cl)CNCc1c(F)ccc(Br)c1F. The molecule has 0 fully saturated rings. The van der Waals surface area contributed by atoms with Gasteiger partial charge >= 0.3 is 0 Å². The average Bonchev–Trinajstić information content (AvgIpc) is 2.17. The summed E-state index contributed by atoms with van der Waals surface area (Å²) < 4.78 is 26.8. The van der Waals surface area contributed by atoms with E-state index >= 15 is 0 Å². The first-order valence-electron chi connectivity index (χ1n) is 4.18. The van der Waals surface area contributed by atoms with Crippen molar-refractivity contribution in [2.75, 3.05) is 6.54 Å². The highest BCUT2D eigenvalue weighted by molar-refractivity contribution is 9.10. The van der Waals surface area contributed by atoms with Crippen LogP contribution in [0.3, 0.4) is 0 Å². The highest BCUT2D eigenvalue weighted by atomic mass is 79.9. The maximum absolute atomic E-state index is 13.4. The fourth-order valence-corrected chi connectivity index (χ4v) is 1.52. The fraction of sp³-hybridized carbons (Fsp3) is 0.200. The molecule has 15 heavy (non-hydrogen) atoms. The van der Waals surface area contributed by atoms with Gasteiger partial charge in [0.1, 0.15) is 11.6 Å². The van der Waals surface area contributed by atoms with Crippen LogP contribution >= 0.6 is 27.5 Å². The zero-order valence-corrected chi connectivity index (χ0v) is 10.1. The Balaban J connectivity index is 2.75. The molecule has 1 N–H and O–H groups in total. The van der Waals surface area contributed by atoms with Gasteiger partial charge in [0.25, 0.3) is 0 Å². The molecule has 1 nitrogen and oxygen atoms in total. The molecule has 0 saturated heterocycles. The van der Waals surface area contributed by atoms with E-state index in [9.17, 15) is 8.78 Å². The maximum atomic E-state index is 13.4. The number of hydrogen-bond donors (Lipinski definition) is 1. The molecule has 0 radical (unpaired) electrons. The molecule has 5 heteroatoms. The summed E-state index contributed by atoms with van der Waals surface area (Å²) in [5.41, 5.74) is -0.0118. The Labute approximate surface area is 100 Å². The Morgan fingerprint density at radius 2 is 2.13 bits per heavy atom. The predicted octanol–water partition coefficient (Wildman–Crippen LogP) is 3.57. The zero-order chi connectivity index (χ0) is 11.4. The van der Waals surface area contributed by atoms with E-state index in [1.165, 1.54) is 12.1 Å². The van der Waals surface area contributed by atoms with Gasteiger partial charge in [-0.25, -0.2) is 8.78 Å². The van der Waals surface area contributed by atoms with E-state index in [1.807, 2.05) is 0 Å². The van der Waals surface area contributed by atoms with Gasteiger partial charge in [-0.05, 0) is 28.1 Å². The molecular weight excluding hydrogens is 287 g/mol. The molecule has 0 atom stereocenters. The van der Waals surface area contributed by atoms with Crippen LogP contribution in [-0.2, 0) is 6.54 Å². The molecule has 0 amide bonds. The third-order valence-electron chi connectivity index (χ3n) is 1.76. The zero-order valence-electron chi connectivity index (χ0n) is 7.79. The van der Waals surface area contributed by atoms with Crippen LogP contribution in [0, 0.1) is 11.6 Å². The van der Waals surface area contributed by atoms with Crippen LogP contribution in [0.1, 0.15) is 5.56 Å². The number of benzene rings is 1. The van der Waals surface area contributed by atoms with Gasteiger partial charge in [0.2, 0.25) is 0 Å². The summed E-state index contributed by atoms with van der Waals surface area (Å²) in [4.78, 5) is 0. The molecule has 0 spiro atoms. The molecule has 0 aliphatic carbocycles. The second-order valence-corrected chi connectivity index (χ2v) is 4.33. The molecule has 1 rings (SSSR count). The van der Waals surface area contributed by atoms with Crippen molar-refractivity contribution in [1.82, 2.24) is 5.32 Å². The number of hydrogen-bond acceptors (Lipinski definition) is 1. The molecule has 0 unspecified atom stereocenters. The van der Waals surface area contributed by atoms with Gasteiger partial charge in [-0.2, -0.15) is 0 Å². The van der Waals surface area contributed by atoms with Crippen molar-refractivity contribution in [3.63, 3.8) is 0 Å². The Bertz CT molecular complexity index is 382. The van der Waals surface area contributed by atoms with Crippen LogP contribution in [0.5, 0.6) is 0 Å². The van der Waals surface area contributed by atoms with E-state index in [4.69, 9.17) is 11.6 Å². The van der Waals surface area contributed by atoms with Crippen LogP contribution < -0.4 is 5.32 Å². The van der Waals surface area contributed by atoms with Crippen molar-refractivity contribution < 1.29 is 8.78 Å². The van der Waals surface area contributed by atoms with Crippen LogP contribution in [0.25, 0.3) is 0 Å². The molecule has 0 aliphatic heterocycles. The molecule has 0 aromatic heterocycles. The van der Waals surface area contributed by atoms with Crippen molar-refractivity contribution in [3.8, 4) is 0 Å². The molecule has 0 saturated carbocycles. The van der Waals surface area contributed by atoms with Gasteiger partial charge in [0.15, 0.2) is 0 Å². The quantitative estimate of drug-likeness (QED) is 0.838. The third kappa shape index (κ3) is 3.55. The third-order valence-corrected chi connectivity index (χ3v) is 2.50. The average molecular weight is 297 g/mol. The number of rotatable bonds is 4. The van der Waals surface area contributed by atoms with E-state index in [-0.39, 0.29) is 16.6 Å². The first-order chi connectivity index (χ1) is 7.02. The number of halogens is 4. The highest BCUT2D eigenvalue weighted by Crippen LogP contribution is 2.21. The Kier molecular flexibility index (Phi) is 4.70. The first-order valence-corrected chi connectivity index (χ1v) is 5.36. The van der Waals surface area contributed by atoms with Crippen molar-refractivity contribution in [2.24, 2.45) is 0 Å². The summed E-state index contributed by atoms with van der Waals surface area (Å²) in [5.74, 6) is -1.17. The normalized spacial score (nSPS) is 10.4. The van der Waals surface area contributed by atoms with E-state index in [0.717, 1.165) is 0 Å². The number of nitrogens with one attached hydrogen (secondary N) is 1. The topological polar surface area (TPSA) is 12.0 Å². The Morgan fingerprint density at radius 3 is 2.73 bits per heavy atom. The van der Waals surface area contributed by atoms with Gasteiger partial charge < -0.3 is 5.32 Å². The van der Waals surface area contributed by atoms with Crippen LogP contribution in [0.2, 0.25) is 0 Å². The molecule has 0 heterocycles. The van der Waals surface area contributed by atoms with Crippen LogP contribution in [0.4, 0.5) is 8.78 Å². The summed E-state index contributed by atoms with van der Waals surface area (Å²) in [6, 6.07) is 2.54. The standard InChI is InChI=1S/C10H9BrClF2N/c1-6(12)4-15-5-7-9(13)3-2-8(11)10(7)14/h2-3,15H,1,4-5H2. The second kappa shape index (κ2) is 5.58. The van der Waals surface area contributed by atoms with Gasteiger partial charge in [-0.3, -0.25) is 0 Å². The molecule has 0 aliphatic rings. The van der Waals surface area contributed by atoms with E-state index < -0.39 is 11.6 Å². The molecule has 1 aromatic rings. The summed E-state index contributed by atoms with van der Waals surface area (Å²) in [5, 5.41) is 3.17. The monoisotopic (exact) mass is 295 g/mol. The lowest BCUT2D eigenvalue weighted by Gasteiger charge is -2.07. The second-order valence-electron chi connectivity index (χ2n) is 2.94. The van der Waals surface area contributed by atoms with Gasteiger partial charge in [0, 0.05) is 23.7 Å². The lowest BCUT2D eigenvalue weighted by molar-refractivity contribution is 0.538. The van der Waals surface area contributed by atoms with Gasteiger partial charge in [-0.15, -0.1) is 0 Å². The molecular formula is C10H9BrClF2N. The van der Waals surface area contributed by atoms with Crippen molar-refractivity contribution >= 4 is 27.5 Å². The molecule has 1 aromatic carbocycles. The smallest absolute Gasteiger partial charge is 0.144 e. The lowest BCUT2D eigenvalue weighted by atomic mass is 10.2. The summed E-state index contributed by atoms with van der Waals surface area (Å²) >= 11 is 8.49. The Morgan fingerprint density at radius 1 is 1.47 bits per heavy atom. The van der Waals surface area contributed by atoms with Crippen molar-refractivity contribution in [2.45, 2.75) is 6.54 Å². The van der Waals surface area contributed by atoms with Crippen molar-refractivity contribution in [3.05, 3.63) is 45.4 Å². The van der Waals surface area contributed by atoms with Crippen LogP contribution in [-0.4, -0.2) is 6.54 Å². The minimum Gasteiger partial charge on any atom is -0.308 e. The van der Waals surface area contributed by atoms with Crippen LogP contribution in [0.15, 0.2) is 28.2 Å². The summed E-state index contributed by atoms with van der Waals surface area (Å²) in [6.45, 7) is 3.84. The minimum atomic E-state index is -0.595. The minimum absolute atomic E-state index is 0.0118.